The summed E-state index contributed by atoms with van der Waals surface area (Å²) >= 11 is 0. The van der Waals surface area contributed by atoms with Gasteiger partial charge < -0.3 is 15.0 Å². The number of ether oxygens (including phenoxy) is 1. The van der Waals surface area contributed by atoms with Crippen LogP contribution in [0.15, 0.2) is 54.9 Å². The van der Waals surface area contributed by atoms with Crippen molar-refractivity contribution in [2.45, 2.75) is 6.92 Å². The van der Waals surface area contributed by atoms with Crippen LogP contribution in [0.1, 0.15) is 26.5 Å². The van der Waals surface area contributed by atoms with Gasteiger partial charge in [0.2, 0.25) is 0 Å². The van der Waals surface area contributed by atoms with Crippen molar-refractivity contribution < 1.29 is 14.3 Å². The molecule has 3 rings (SSSR count). The molecule has 2 N–H and O–H groups in total. The molecule has 126 valence electrons. The third-order valence-corrected chi connectivity index (χ3v) is 3.75. The Morgan fingerprint density at radius 2 is 1.68 bits per heavy atom. The van der Waals surface area contributed by atoms with E-state index in [9.17, 15) is 9.59 Å². The number of amides is 1. The van der Waals surface area contributed by atoms with Crippen molar-refractivity contribution in [3.63, 3.8) is 0 Å². The van der Waals surface area contributed by atoms with Gasteiger partial charge in [0.05, 0.1) is 12.8 Å². The summed E-state index contributed by atoms with van der Waals surface area (Å²) in [5, 5.41) is 2.74. The molecular weight excluding hydrogens is 318 g/mol. The quantitative estimate of drug-likeness (QED) is 0.716. The molecule has 0 aliphatic rings. The SMILES string of the molecule is COC(=O)c1[nH]c(C)cc1NC(=O)c1ccc(-c2ccncc2)cc1. The highest BCUT2D eigenvalue weighted by Gasteiger charge is 2.17. The van der Waals surface area contributed by atoms with Crippen LogP contribution in [0.2, 0.25) is 0 Å². The van der Waals surface area contributed by atoms with E-state index in [1.807, 2.05) is 24.3 Å². The molecule has 0 aliphatic carbocycles. The van der Waals surface area contributed by atoms with E-state index in [0.29, 0.717) is 11.3 Å². The smallest absolute Gasteiger partial charge is 0.356 e. The molecule has 0 saturated carbocycles. The Kier molecular flexibility index (Phi) is 4.61. The molecule has 6 heteroatoms. The Hall–Kier alpha value is -3.41. The molecule has 1 aromatic carbocycles. The van der Waals surface area contributed by atoms with E-state index in [-0.39, 0.29) is 11.6 Å². The van der Waals surface area contributed by atoms with Gasteiger partial charge in [-0.1, -0.05) is 12.1 Å². The second kappa shape index (κ2) is 7.00. The minimum absolute atomic E-state index is 0.224. The molecular formula is C19H17N3O3. The number of aromatic amines is 1. The minimum atomic E-state index is -0.531. The van der Waals surface area contributed by atoms with Crippen LogP contribution in [-0.2, 0) is 4.74 Å². The fraction of sp³-hybridized carbons (Fsp3) is 0.105. The van der Waals surface area contributed by atoms with Crippen LogP contribution < -0.4 is 5.32 Å². The standard InChI is InChI=1S/C19H17N3O3/c1-12-11-16(17(21-12)19(24)25-2)22-18(23)15-5-3-13(4-6-15)14-7-9-20-10-8-14/h3-11,21H,1-2H3,(H,22,23). The first-order valence-corrected chi connectivity index (χ1v) is 7.68. The molecule has 2 aromatic heterocycles. The van der Waals surface area contributed by atoms with Crippen LogP contribution in [0.25, 0.3) is 11.1 Å². The molecule has 1 amide bonds. The van der Waals surface area contributed by atoms with Gasteiger partial charge in [-0.05, 0) is 48.4 Å². The number of esters is 1. The maximum Gasteiger partial charge on any atom is 0.356 e. The molecule has 3 aromatic rings. The lowest BCUT2D eigenvalue weighted by molar-refractivity contribution is 0.0596. The predicted octanol–water partition coefficient (Wildman–Crippen LogP) is 3.42. The molecule has 0 atom stereocenters. The summed E-state index contributed by atoms with van der Waals surface area (Å²) in [6.45, 7) is 1.80. The Morgan fingerprint density at radius 1 is 1.04 bits per heavy atom. The molecule has 0 spiro atoms. The highest BCUT2D eigenvalue weighted by atomic mass is 16.5. The van der Waals surface area contributed by atoms with Crippen molar-refractivity contribution in [1.82, 2.24) is 9.97 Å². The number of nitrogens with zero attached hydrogens (tertiary/aromatic N) is 1. The minimum Gasteiger partial charge on any atom is -0.464 e. The van der Waals surface area contributed by atoms with Gasteiger partial charge >= 0.3 is 5.97 Å². The van der Waals surface area contributed by atoms with Gasteiger partial charge in [-0.2, -0.15) is 0 Å². The largest absolute Gasteiger partial charge is 0.464 e. The van der Waals surface area contributed by atoms with E-state index in [1.165, 1.54) is 7.11 Å². The average Bonchev–Trinajstić information content (AvgIpc) is 3.02. The van der Waals surface area contributed by atoms with Gasteiger partial charge in [0.1, 0.15) is 5.69 Å². The van der Waals surface area contributed by atoms with E-state index >= 15 is 0 Å². The predicted molar refractivity (Wildman–Crippen MR) is 94.5 cm³/mol. The summed E-state index contributed by atoms with van der Waals surface area (Å²) in [6.07, 6.45) is 3.44. The van der Waals surface area contributed by atoms with E-state index in [1.54, 1.807) is 37.5 Å². The molecule has 0 aliphatic heterocycles. The lowest BCUT2D eigenvalue weighted by Gasteiger charge is -2.07. The number of aryl methyl sites for hydroxylation is 1. The lowest BCUT2D eigenvalue weighted by atomic mass is 10.0. The number of carbonyl (C=O) groups excluding carboxylic acids is 2. The third kappa shape index (κ3) is 3.58. The fourth-order valence-electron chi connectivity index (χ4n) is 2.50. The van der Waals surface area contributed by atoms with Gasteiger partial charge in [-0.25, -0.2) is 4.79 Å². The Bertz CT molecular complexity index is 899. The van der Waals surface area contributed by atoms with Gasteiger partial charge in [0.15, 0.2) is 0 Å². The van der Waals surface area contributed by atoms with Crippen molar-refractivity contribution in [2.75, 3.05) is 12.4 Å². The van der Waals surface area contributed by atoms with Gasteiger partial charge in [0.25, 0.3) is 5.91 Å². The number of aromatic nitrogens is 2. The van der Waals surface area contributed by atoms with Crippen molar-refractivity contribution >= 4 is 17.6 Å². The molecule has 0 fully saturated rings. The molecule has 25 heavy (non-hydrogen) atoms. The number of carbonyl (C=O) groups is 2. The number of benzene rings is 1. The summed E-state index contributed by atoms with van der Waals surface area (Å²) in [6, 6.07) is 12.7. The normalized spacial score (nSPS) is 10.3. The molecule has 0 saturated heterocycles. The van der Waals surface area contributed by atoms with Gasteiger partial charge in [0, 0.05) is 23.7 Å². The topological polar surface area (TPSA) is 84.1 Å². The van der Waals surface area contributed by atoms with Crippen LogP contribution >= 0.6 is 0 Å². The number of pyridine rings is 1. The molecule has 2 heterocycles. The van der Waals surface area contributed by atoms with E-state index in [4.69, 9.17) is 4.74 Å². The number of anilines is 1. The Morgan fingerprint density at radius 3 is 2.32 bits per heavy atom. The number of hydrogen-bond donors (Lipinski definition) is 2. The molecule has 0 unspecified atom stereocenters. The van der Waals surface area contributed by atoms with Crippen LogP contribution in [0, 0.1) is 6.92 Å². The summed E-state index contributed by atoms with van der Waals surface area (Å²) in [4.78, 5) is 31.1. The monoisotopic (exact) mass is 335 g/mol. The molecule has 0 radical (unpaired) electrons. The summed E-state index contributed by atoms with van der Waals surface area (Å²) in [7, 11) is 1.29. The maximum atomic E-state index is 12.4. The average molecular weight is 335 g/mol. The number of methoxy groups -OCH3 is 1. The maximum absolute atomic E-state index is 12.4. The van der Waals surface area contributed by atoms with Crippen LogP contribution in [-0.4, -0.2) is 29.0 Å². The lowest BCUT2D eigenvalue weighted by Crippen LogP contribution is -2.14. The van der Waals surface area contributed by atoms with Gasteiger partial charge in [-0.15, -0.1) is 0 Å². The highest BCUT2D eigenvalue weighted by molar-refractivity contribution is 6.07. The molecule has 0 bridgehead atoms. The zero-order valence-electron chi connectivity index (χ0n) is 13.9. The number of hydrogen-bond acceptors (Lipinski definition) is 4. The summed E-state index contributed by atoms with van der Waals surface area (Å²) < 4.78 is 4.72. The van der Waals surface area contributed by atoms with Crippen molar-refractivity contribution in [1.29, 1.82) is 0 Å². The first kappa shape index (κ1) is 16.4. The van der Waals surface area contributed by atoms with Crippen molar-refractivity contribution in [3.05, 3.63) is 71.8 Å². The zero-order chi connectivity index (χ0) is 17.8. The Labute approximate surface area is 144 Å². The second-order valence-corrected chi connectivity index (χ2v) is 5.50. The Balaban J connectivity index is 1.79. The van der Waals surface area contributed by atoms with Crippen LogP contribution in [0.4, 0.5) is 5.69 Å². The number of H-pyrrole nitrogens is 1. The van der Waals surface area contributed by atoms with Crippen molar-refractivity contribution in [2.24, 2.45) is 0 Å². The summed E-state index contributed by atoms with van der Waals surface area (Å²) in [5.74, 6) is -0.832. The van der Waals surface area contributed by atoms with Crippen LogP contribution in [0.3, 0.4) is 0 Å². The van der Waals surface area contributed by atoms with E-state index in [0.717, 1.165) is 16.8 Å². The number of nitrogens with one attached hydrogen (secondary N) is 2. The summed E-state index contributed by atoms with van der Waals surface area (Å²) in [5.41, 5.74) is 3.88. The molecule has 6 nitrogen and oxygen atoms in total. The van der Waals surface area contributed by atoms with E-state index in [2.05, 4.69) is 15.3 Å². The fourth-order valence-corrected chi connectivity index (χ4v) is 2.50. The van der Waals surface area contributed by atoms with Crippen molar-refractivity contribution in [3.8, 4) is 11.1 Å². The van der Waals surface area contributed by atoms with Gasteiger partial charge in [-0.3, -0.25) is 9.78 Å². The van der Waals surface area contributed by atoms with Crippen LogP contribution in [0.5, 0.6) is 0 Å². The third-order valence-electron chi connectivity index (χ3n) is 3.75. The zero-order valence-corrected chi connectivity index (χ0v) is 13.9. The van der Waals surface area contributed by atoms with E-state index < -0.39 is 5.97 Å². The highest BCUT2D eigenvalue weighted by Crippen LogP contribution is 2.21. The second-order valence-electron chi connectivity index (χ2n) is 5.50. The number of rotatable bonds is 4. The first-order valence-electron chi connectivity index (χ1n) is 7.68. The first-order chi connectivity index (χ1) is 12.1.